The van der Waals surface area contributed by atoms with E-state index in [1.165, 1.54) is 48.5 Å². The Bertz CT molecular complexity index is 1640. The van der Waals surface area contributed by atoms with Crippen LogP contribution in [0, 0.1) is 17.5 Å². The second-order valence-electron chi connectivity index (χ2n) is 10.4. The molecule has 260 valence electrons. The van der Waals surface area contributed by atoms with E-state index in [0.717, 1.165) is 25.3 Å². The number of rotatable bonds is 19. The van der Waals surface area contributed by atoms with Crippen molar-refractivity contribution < 1.29 is 60.8 Å². The van der Waals surface area contributed by atoms with Crippen molar-refractivity contribution in [3.05, 3.63) is 108 Å². The number of benzene rings is 3. The van der Waals surface area contributed by atoms with E-state index in [2.05, 4.69) is 13.2 Å². The lowest BCUT2D eigenvalue weighted by Crippen LogP contribution is -2.14. The molecule has 0 heterocycles. The summed E-state index contributed by atoms with van der Waals surface area (Å²) in [6.45, 7) is 9.41. The molecule has 0 saturated heterocycles. The summed E-state index contributed by atoms with van der Waals surface area (Å²) in [6.07, 6.45) is 4.55. The Morgan fingerprint density at radius 1 is 0.673 bits per heavy atom. The first-order valence-corrected chi connectivity index (χ1v) is 15.2. The summed E-state index contributed by atoms with van der Waals surface area (Å²) >= 11 is 0. The van der Waals surface area contributed by atoms with Gasteiger partial charge in [0.15, 0.2) is 11.6 Å². The van der Waals surface area contributed by atoms with Crippen LogP contribution in [0.2, 0.25) is 0 Å². The molecule has 3 aromatic carbocycles. The Hall–Kier alpha value is -5.59. The minimum atomic E-state index is -1.87. The van der Waals surface area contributed by atoms with Crippen LogP contribution in [0.3, 0.4) is 0 Å². The average Bonchev–Trinajstić information content (AvgIpc) is 3.10. The van der Waals surface area contributed by atoms with Gasteiger partial charge in [0.2, 0.25) is 17.4 Å². The highest BCUT2D eigenvalue weighted by molar-refractivity contribution is 5.92. The van der Waals surface area contributed by atoms with Gasteiger partial charge in [-0.15, -0.1) is 0 Å². The number of halogens is 3. The quantitative estimate of drug-likeness (QED) is 0.0425. The number of ether oxygens (including phenoxy) is 6. The van der Waals surface area contributed by atoms with Crippen molar-refractivity contribution in [2.45, 2.75) is 39.0 Å². The normalized spacial score (nSPS) is 10.4. The second-order valence-corrected chi connectivity index (χ2v) is 10.4. The molecule has 0 radical (unpaired) electrons. The smallest absolute Gasteiger partial charge is 0.343 e. The summed E-state index contributed by atoms with van der Waals surface area (Å²) in [4.78, 5) is 47.4. The van der Waals surface area contributed by atoms with E-state index >= 15 is 0 Å². The van der Waals surface area contributed by atoms with Crippen LogP contribution in [-0.2, 0) is 19.1 Å². The lowest BCUT2D eigenvalue weighted by atomic mass is 10.2. The molecule has 0 unspecified atom stereocenters. The van der Waals surface area contributed by atoms with Gasteiger partial charge >= 0.3 is 23.9 Å². The Labute approximate surface area is 281 Å². The molecular weight excluding hydrogens is 649 g/mol. The highest BCUT2D eigenvalue weighted by Gasteiger charge is 2.26. The maximum atomic E-state index is 14.8. The Morgan fingerprint density at radius 2 is 1.18 bits per heavy atom. The third-order valence-corrected chi connectivity index (χ3v) is 6.52. The van der Waals surface area contributed by atoms with E-state index < -0.39 is 52.8 Å². The van der Waals surface area contributed by atoms with Gasteiger partial charge in [-0.1, -0.05) is 13.2 Å². The van der Waals surface area contributed by atoms with Gasteiger partial charge in [-0.25, -0.2) is 23.6 Å². The molecule has 49 heavy (non-hydrogen) atoms. The number of esters is 4. The van der Waals surface area contributed by atoms with Crippen molar-refractivity contribution in [2.24, 2.45) is 0 Å². The maximum Gasteiger partial charge on any atom is 0.343 e. The van der Waals surface area contributed by atoms with Gasteiger partial charge in [-0.2, -0.15) is 8.78 Å². The number of unbranched alkanes of at least 4 members (excludes halogenated alkanes) is 3. The molecule has 10 nitrogen and oxygen atoms in total. The summed E-state index contributed by atoms with van der Waals surface area (Å²) < 4.78 is 74.8. The number of hydrogen-bond acceptors (Lipinski definition) is 10. The van der Waals surface area contributed by atoms with Crippen molar-refractivity contribution in [2.75, 3.05) is 26.4 Å². The fourth-order valence-electron chi connectivity index (χ4n) is 3.93. The molecule has 0 N–H and O–H groups in total. The molecule has 0 saturated carbocycles. The summed E-state index contributed by atoms with van der Waals surface area (Å²) in [6, 6.07) is 11.4. The molecule has 0 bridgehead atoms. The van der Waals surface area contributed by atoms with E-state index in [0.29, 0.717) is 49.2 Å². The van der Waals surface area contributed by atoms with Crippen LogP contribution >= 0.6 is 0 Å². The SMILES string of the molecule is C=CC(=O)OCCCOc1ccc(C(=O)Oc2cc(F)c(OC(=O)c3ccc(OCCCCCCOC(=O)C(=C)C)cc3)c(F)c2F)cc1. The molecule has 0 aliphatic carbocycles. The number of hydrogen-bond donors (Lipinski definition) is 0. The van der Waals surface area contributed by atoms with Gasteiger partial charge in [-0.3, -0.25) is 0 Å². The molecule has 0 atom stereocenters. The third kappa shape index (κ3) is 12.2. The Kier molecular flexibility index (Phi) is 14.9. The first-order chi connectivity index (χ1) is 23.5. The standard InChI is InChI=1S/C36H35F3O10/c1-4-30(40)46-21-9-20-45-27-14-10-24(11-15-27)35(42)48-29-22-28(37)33(32(39)31(29)38)49-36(43)25-12-16-26(17-13-25)44-18-7-5-6-8-19-47-34(41)23(2)3/h4,10-17,22H,1-2,5-9,18-21H2,3H3. The van der Waals surface area contributed by atoms with Gasteiger partial charge in [-0.05, 0) is 81.1 Å². The molecule has 0 aromatic heterocycles. The van der Waals surface area contributed by atoms with Crippen molar-refractivity contribution in [3.63, 3.8) is 0 Å². The average molecular weight is 685 g/mol. The Morgan fingerprint density at radius 3 is 1.73 bits per heavy atom. The van der Waals surface area contributed by atoms with Crippen LogP contribution < -0.4 is 18.9 Å². The van der Waals surface area contributed by atoms with E-state index in [1.54, 1.807) is 6.92 Å². The highest BCUT2D eigenvalue weighted by atomic mass is 19.2. The van der Waals surface area contributed by atoms with Crippen LogP contribution in [0.25, 0.3) is 0 Å². The fourth-order valence-corrected chi connectivity index (χ4v) is 3.93. The molecule has 0 spiro atoms. The number of carbonyl (C=O) groups is 4. The zero-order chi connectivity index (χ0) is 35.8. The van der Waals surface area contributed by atoms with Crippen molar-refractivity contribution in [1.82, 2.24) is 0 Å². The molecular formula is C36H35F3O10. The van der Waals surface area contributed by atoms with Crippen molar-refractivity contribution in [1.29, 1.82) is 0 Å². The molecule has 3 aromatic rings. The predicted molar refractivity (Wildman–Crippen MR) is 170 cm³/mol. The Balaban J connectivity index is 1.47. The predicted octanol–water partition coefficient (Wildman–Crippen LogP) is 7.10. The van der Waals surface area contributed by atoms with Crippen molar-refractivity contribution in [3.8, 4) is 23.0 Å². The van der Waals surface area contributed by atoms with Gasteiger partial charge in [0.25, 0.3) is 0 Å². The van der Waals surface area contributed by atoms with Gasteiger partial charge in [0.05, 0.1) is 37.6 Å². The zero-order valence-corrected chi connectivity index (χ0v) is 26.8. The maximum absolute atomic E-state index is 14.8. The van der Waals surface area contributed by atoms with Crippen LogP contribution in [0.15, 0.2) is 79.4 Å². The lowest BCUT2D eigenvalue weighted by Gasteiger charge is -2.12. The van der Waals surface area contributed by atoms with Crippen LogP contribution in [0.5, 0.6) is 23.0 Å². The zero-order valence-electron chi connectivity index (χ0n) is 26.8. The summed E-state index contributed by atoms with van der Waals surface area (Å²) in [5, 5.41) is 0. The topological polar surface area (TPSA) is 124 Å². The van der Waals surface area contributed by atoms with E-state index in [-0.39, 0.29) is 24.3 Å². The first kappa shape index (κ1) is 37.9. The van der Waals surface area contributed by atoms with Gasteiger partial charge in [0, 0.05) is 24.1 Å². The van der Waals surface area contributed by atoms with Crippen LogP contribution in [-0.4, -0.2) is 50.3 Å². The molecule has 3 rings (SSSR count). The van der Waals surface area contributed by atoms with Gasteiger partial charge < -0.3 is 28.4 Å². The van der Waals surface area contributed by atoms with Crippen LogP contribution in [0.4, 0.5) is 13.2 Å². The number of carbonyl (C=O) groups excluding carboxylic acids is 4. The minimum absolute atomic E-state index is 0.0748. The second kappa shape index (κ2) is 19.3. The lowest BCUT2D eigenvalue weighted by molar-refractivity contribution is -0.139. The first-order valence-electron chi connectivity index (χ1n) is 15.2. The van der Waals surface area contributed by atoms with E-state index in [1.807, 2.05) is 0 Å². The third-order valence-electron chi connectivity index (χ3n) is 6.52. The monoisotopic (exact) mass is 684 g/mol. The summed E-state index contributed by atoms with van der Waals surface area (Å²) in [7, 11) is 0. The molecule has 0 aliphatic heterocycles. The molecule has 0 fully saturated rings. The minimum Gasteiger partial charge on any atom is -0.494 e. The highest BCUT2D eigenvalue weighted by Crippen LogP contribution is 2.32. The van der Waals surface area contributed by atoms with Crippen LogP contribution in [0.1, 0.15) is 59.7 Å². The fraction of sp³-hybridized carbons (Fsp3) is 0.278. The molecule has 0 amide bonds. The van der Waals surface area contributed by atoms with E-state index in [9.17, 15) is 32.3 Å². The summed E-state index contributed by atoms with van der Waals surface area (Å²) in [5.41, 5.74) is 0.187. The largest absolute Gasteiger partial charge is 0.494 e. The van der Waals surface area contributed by atoms with Gasteiger partial charge in [0.1, 0.15) is 11.5 Å². The summed E-state index contributed by atoms with van der Waals surface area (Å²) in [5.74, 6) is -9.90. The van der Waals surface area contributed by atoms with Crippen molar-refractivity contribution >= 4 is 23.9 Å². The molecule has 0 aliphatic rings. The van der Waals surface area contributed by atoms with E-state index in [4.69, 9.17) is 28.4 Å². The molecule has 13 heteroatoms.